The van der Waals surface area contributed by atoms with E-state index in [1.165, 1.54) is 6.33 Å². The van der Waals surface area contributed by atoms with Gasteiger partial charge in [0.2, 0.25) is 0 Å². The van der Waals surface area contributed by atoms with E-state index in [1.807, 2.05) is 54.7 Å². The molecule has 9 heteroatoms. The topological polar surface area (TPSA) is 106 Å². The molecule has 0 unspecified atom stereocenters. The molecular weight excluding hydrogens is 416 g/mol. The van der Waals surface area contributed by atoms with Crippen molar-refractivity contribution in [2.24, 2.45) is 0 Å². The number of anilines is 2. The van der Waals surface area contributed by atoms with Crippen molar-refractivity contribution in [1.82, 2.24) is 29.9 Å². The van der Waals surface area contributed by atoms with Crippen molar-refractivity contribution < 1.29 is 4.74 Å². The lowest BCUT2D eigenvalue weighted by Gasteiger charge is -2.31. The van der Waals surface area contributed by atoms with Crippen LogP contribution in [0, 0.1) is 0 Å². The van der Waals surface area contributed by atoms with Gasteiger partial charge in [0.25, 0.3) is 0 Å². The van der Waals surface area contributed by atoms with Crippen LogP contribution in [-0.4, -0.2) is 50.7 Å². The van der Waals surface area contributed by atoms with Crippen LogP contribution in [0.15, 0.2) is 67.1 Å². The number of nitrogens with two attached hydrogens (primary N) is 1. The molecule has 0 radical (unpaired) electrons. The number of rotatable bonds is 4. The minimum atomic E-state index is 0.384. The third-order valence-corrected chi connectivity index (χ3v) is 5.79. The average molecular weight is 438 g/mol. The van der Waals surface area contributed by atoms with Crippen molar-refractivity contribution in [1.29, 1.82) is 0 Å². The van der Waals surface area contributed by atoms with Crippen molar-refractivity contribution in [2.45, 2.75) is 0 Å². The molecule has 5 aromatic rings. The molecule has 4 heterocycles. The van der Waals surface area contributed by atoms with Gasteiger partial charge in [0.05, 0.1) is 16.6 Å². The molecule has 1 fully saturated rings. The van der Waals surface area contributed by atoms with E-state index in [2.05, 4.69) is 31.3 Å². The minimum Gasteiger partial charge on any atom is -0.454 e. The summed E-state index contributed by atoms with van der Waals surface area (Å²) < 4.78 is 8.17. The maximum absolute atomic E-state index is 6.53. The molecule has 0 aliphatic carbocycles. The number of nitrogens with zero attached hydrogens (tertiary/aromatic N) is 6. The molecule has 1 aliphatic heterocycles. The SMILES string of the molecule is Nc1nc(-c2ccccc2)nc2ccc(N3CCNCC3)c(Oc3ccn4ncnc4c3)c12. The number of hydrogen-bond donors (Lipinski definition) is 2. The molecule has 3 aromatic heterocycles. The van der Waals surface area contributed by atoms with E-state index in [1.54, 1.807) is 4.52 Å². The van der Waals surface area contributed by atoms with Gasteiger partial charge in [0.1, 0.15) is 17.9 Å². The van der Waals surface area contributed by atoms with Crippen molar-refractivity contribution in [3.63, 3.8) is 0 Å². The van der Waals surface area contributed by atoms with Crippen LogP contribution in [0.3, 0.4) is 0 Å². The highest BCUT2D eigenvalue weighted by Gasteiger charge is 2.22. The van der Waals surface area contributed by atoms with Crippen LogP contribution in [0.25, 0.3) is 27.9 Å². The summed E-state index contributed by atoms with van der Waals surface area (Å²) in [4.78, 5) is 16.0. The Bertz CT molecular complexity index is 1440. The highest BCUT2D eigenvalue weighted by atomic mass is 16.5. The molecule has 0 bridgehead atoms. The molecule has 0 atom stereocenters. The Morgan fingerprint density at radius 3 is 2.67 bits per heavy atom. The number of pyridine rings is 1. The Labute approximate surface area is 189 Å². The lowest BCUT2D eigenvalue weighted by molar-refractivity contribution is 0.483. The smallest absolute Gasteiger partial charge is 0.163 e. The first-order chi connectivity index (χ1) is 16.3. The van der Waals surface area contributed by atoms with Gasteiger partial charge in [0, 0.05) is 44.0 Å². The zero-order valence-electron chi connectivity index (χ0n) is 17.8. The molecule has 9 nitrogen and oxygen atoms in total. The van der Waals surface area contributed by atoms with Crippen molar-refractivity contribution in [2.75, 3.05) is 36.8 Å². The monoisotopic (exact) mass is 438 g/mol. The number of benzene rings is 2. The fraction of sp³-hybridized carbons (Fsp3) is 0.167. The molecule has 1 aliphatic rings. The second-order valence-corrected chi connectivity index (χ2v) is 7.87. The summed E-state index contributed by atoms with van der Waals surface area (Å²) in [5.41, 5.74) is 9.85. The van der Waals surface area contributed by atoms with E-state index < -0.39 is 0 Å². The van der Waals surface area contributed by atoms with Crippen LogP contribution in [0.4, 0.5) is 11.5 Å². The second kappa shape index (κ2) is 8.03. The van der Waals surface area contributed by atoms with Crippen LogP contribution in [-0.2, 0) is 0 Å². The fourth-order valence-corrected chi connectivity index (χ4v) is 4.16. The Morgan fingerprint density at radius 1 is 0.970 bits per heavy atom. The number of hydrogen-bond acceptors (Lipinski definition) is 8. The second-order valence-electron chi connectivity index (χ2n) is 7.87. The van der Waals surface area contributed by atoms with Crippen LogP contribution < -0.4 is 20.7 Å². The van der Waals surface area contributed by atoms with Gasteiger partial charge >= 0.3 is 0 Å². The van der Waals surface area contributed by atoms with Crippen LogP contribution in [0.1, 0.15) is 0 Å². The fourth-order valence-electron chi connectivity index (χ4n) is 4.16. The number of nitrogens with one attached hydrogen (secondary N) is 1. The predicted molar refractivity (Wildman–Crippen MR) is 128 cm³/mol. The first kappa shape index (κ1) is 19.4. The molecule has 1 saturated heterocycles. The van der Waals surface area contributed by atoms with Gasteiger partial charge in [-0.3, -0.25) is 0 Å². The quantitative estimate of drug-likeness (QED) is 0.441. The number of aromatic nitrogens is 5. The van der Waals surface area contributed by atoms with Gasteiger partial charge in [0.15, 0.2) is 17.2 Å². The highest BCUT2D eigenvalue weighted by Crippen LogP contribution is 2.41. The molecule has 164 valence electrons. The van der Waals surface area contributed by atoms with Crippen LogP contribution >= 0.6 is 0 Å². The molecule has 6 rings (SSSR count). The normalized spacial score (nSPS) is 14.1. The lowest BCUT2D eigenvalue weighted by Crippen LogP contribution is -2.43. The molecule has 2 aromatic carbocycles. The summed E-state index contributed by atoms with van der Waals surface area (Å²) in [6.07, 6.45) is 3.33. The van der Waals surface area contributed by atoms with Gasteiger partial charge in [-0.2, -0.15) is 5.10 Å². The van der Waals surface area contributed by atoms with Gasteiger partial charge < -0.3 is 20.7 Å². The molecule has 0 saturated carbocycles. The average Bonchev–Trinajstić information content (AvgIpc) is 3.33. The third-order valence-electron chi connectivity index (χ3n) is 5.79. The maximum atomic E-state index is 6.53. The summed E-state index contributed by atoms with van der Waals surface area (Å²) >= 11 is 0. The Hall–Kier alpha value is -4.24. The largest absolute Gasteiger partial charge is 0.454 e. The maximum Gasteiger partial charge on any atom is 0.163 e. The van der Waals surface area contributed by atoms with E-state index in [0.717, 1.165) is 42.9 Å². The standard InChI is InChI=1S/C24H22N8O/c25-23-21-18(29-24(30-23)16-4-2-1-3-5-16)6-7-19(31-12-9-26-10-13-31)22(21)33-17-8-11-32-20(14-17)27-15-28-32/h1-8,11,14-15,26H,9-10,12-13H2,(H2,25,29,30). The Balaban J connectivity index is 1.52. The predicted octanol–water partition coefficient (Wildman–Crippen LogP) is 3.12. The summed E-state index contributed by atoms with van der Waals surface area (Å²) in [5, 5.41) is 8.25. The summed E-state index contributed by atoms with van der Waals surface area (Å²) in [6, 6.07) is 17.6. The van der Waals surface area contributed by atoms with Crippen molar-refractivity contribution in [3.8, 4) is 22.9 Å². The van der Waals surface area contributed by atoms with Crippen LogP contribution in [0.5, 0.6) is 11.5 Å². The molecule has 0 amide bonds. The Morgan fingerprint density at radius 2 is 1.82 bits per heavy atom. The third kappa shape index (κ3) is 3.58. The zero-order chi connectivity index (χ0) is 22.2. The molecule has 33 heavy (non-hydrogen) atoms. The van der Waals surface area contributed by atoms with Crippen molar-refractivity contribution in [3.05, 3.63) is 67.1 Å². The van der Waals surface area contributed by atoms with Gasteiger partial charge in [-0.05, 0) is 18.2 Å². The number of nitrogen functional groups attached to an aromatic ring is 1. The van der Waals surface area contributed by atoms with E-state index >= 15 is 0 Å². The van der Waals surface area contributed by atoms with Gasteiger partial charge in [-0.1, -0.05) is 30.3 Å². The van der Waals surface area contributed by atoms with Gasteiger partial charge in [-0.25, -0.2) is 19.5 Å². The lowest BCUT2D eigenvalue weighted by atomic mass is 10.1. The molecule has 3 N–H and O–H groups in total. The summed E-state index contributed by atoms with van der Waals surface area (Å²) in [7, 11) is 0. The number of fused-ring (bicyclic) bond motifs is 2. The first-order valence-corrected chi connectivity index (χ1v) is 10.8. The molecular formula is C24H22N8O. The highest BCUT2D eigenvalue weighted by molar-refractivity contribution is 5.99. The Kier molecular flexibility index (Phi) is 4.73. The van der Waals surface area contributed by atoms with Crippen LogP contribution in [0.2, 0.25) is 0 Å². The number of piperazine rings is 1. The zero-order valence-corrected chi connectivity index (χ0v) is 17.8. The molecule has 0 spiro atoms. The first-order valence-electron chi connectivity index (χ1n) is 10.8. The van der Waals surface area contributed by atoms with E-state index in [9.17, 15) is 0 Å². The number of ether oxygens (including phenoxy) is 1. The van der Waals surface area contributed by atoms with E-state index in [4.69, 9.17) is 15.5 Å². The summed E-state index contributed by atoms with van der Waals surface area (Å²) in [6.45, 7) is 3.55. The van der Waals surface area contributed by atoms with Gasteiger partial charge in [-0.15, -0.1) is 0 Å². The van der Waals surface area contributed by atoms with E-state index in [-0.39, 0.29) is 0 Å². The van der Waals surface area contributed by atoms with E-state index in [0.29, 0.717) is 34.2 Å². The van der Waals surface area contributed by atoms with Crippen molar-refractivity contribution >= 4 is 28.1 Å². The summed E-state index contributed by atoms with van der Waals surface area (Å²) in [5.74, 6) is 2.27. The minimum absolute atomic E-state index is 0.384.